The zero-order valence-corrected chi connectivity index (χ0v) is 14.7. The van der Waals surface area contributed by atoms with Gasteiger partial charge in [0.15, 0.2) is 0 Å². The molecule has 132 valence electrons. The van der Waals surface area contributed by atoms with E-state index in [0.29, 0.717) is 18.1 Å². The van der Waals surface area contributed by atoms with Crippen molar-refractivity contribution in [3.63, 3.8) is 0 Å². The lowest BCUT2D eigenvalue weighted by Gasteiger charge is -2.28. The molecular formula is C17H32N4O2. The fourth-order valence-corrected chi connectivity index (χ4v) is 4.44. The second kappa shape index (κ2) is 7.81. The van der Waals surface area contributed by atoms with Gasteiger partial charge in [-0.25, -0.2) is 4.79 Å². The summed E-state index contributed by atoms with van der Waals surface area (Å²) in [7, 11) is 3.97. The average molecular weight is 324 g/mol. The Balaban J connectivity index is 1.46. The van der Waals surface area contributed by atoms with Gasteiger partial charge in [0, 0.05) is 51.4 Å². The summed E-state index contributed by atoms with van der Waals surface area (Å²) in [4.78, 5) is 19.5. The number of carbonyl (C=O) groups is 1. The van der Waals surface area contributed by atoms with Crippen molar-refractivity contribution < 1.29 is 9.53 Å². The van der Waals surface area contributed by atoms with Gasteiger partial charge in [-0.1, -0.05) is 0 Å². The number of likely N-dealkylation sites (N-methyl/N-ethyl adjacent to an activating group) is 1. The zero-order chi connectivity index (χ0) is 16.2. The minimum Gasteiger partial charge on any atom is -0.383 e. The second-order valence-electron chi connectivity index (χ2n) is 7.30. The Bertz CT molecular complexity index is 406. The highest BCUT2D eigenvalue weighted by Gasteiger charge is 2.36. The van der Waals surface area contributed by atoms with Crippen LogP contribution in [0.1, 0.15) is 32.1 Å². The molecule has 1 N–H and O–H groups in total. The topological polar surface area (TPSA) is 48.1 Å². The number of carbonyl (C=O) groups excluding carboxylic acids is 1. The molecule has 0 saturated carbocycles. The van der Waals surface area contributed by atoms with E-state index in [-0.39, 0.29) is 6.03 Å². The summed E-state index contributed by atoms with van der Waals surface area (Å²) in [5, 5.41) is 3.19. The molecular weight excluding hydrogens is 292 g/mol. The van der Waals surface area contributed by atoms with E-state index in [4.69, 9.17) is 4.74 Å². The SMILES string of the molecule is COCCN1CCC[C@H]1CNC(=O)N1CC[C@H]2CC[C@@H](C1)N2C. The van der Waals surface area contributed by atoms with Crippen molar-refractivity contribution in [2.24, 2.45) is 0 Å². The van der Waals surface area contributed by atoms with Crippen LogP contribution in [0.25, 0.3) is 0 Å². The molecule has 3 saturated heterocycles. The van der Waals surface area contributed by atoms with E-state index in [9.17, 15) is 4.79 Å². The minimum absolute atomic E-state index is 0.129. The normalized spacial score (nSPS) is 32.3. The molecule has 3 fully saturated rings. The Kier molecular flexibility index (Phi) is 5.77. The lowest BCUT2D eigenvalue weighted by atomic mass is 10.1. The lowest BCUT2D eigenvalue weighted by Crippen LogP contribution is -2.48. The molecule has 0 unspecified atom stereocenters. The van der Waals surface area contributed by atoms with Crippen LogP contribution in [0.4, 0.5) is 4.79 Å². The molecule has 3 heterocycles. The molecule has 2 bridgehead atoms. The number of hydrogen-bond donors (Lipinski definition) is 1. The summed E-state index contributed by atoms with van der Waals surface area (Å²) in [6.07, 6.45) is 6.05. The molecule has 3 atom stereocenters. The van der Waals surface area contributed by atoms with Crippen molar-refractivity contribution >= 4 is 6.03 Å². The predicted octanol–water partition coefficient (Wildman–Crippen LogP) is 0.975. The molecule has 3 aliphatic rings. The van der Waals surface area contributed by atoms with Crippen LogP contribution in [0, 0.1) is 0 Å². The summed E-state index contributed by atoms with van der Waals surface area (Å²) in [5.74, 6) is 0. The fourth-order valence-electron chi connectivity index (χ4n) is 4.44. The number of rotatable bonds is 5. The van der Waals surface area contributed by atoms with E-state index in [2.05, 4.69) is 22.2 Å². The second-order valence-corrected chi connectivity index (χ2v) is 7.30. The maximum Gasteiger partial charge on any atom is 0.317 e. The van der Waals surface area contributed by atoms with E-state index in [1.165, 1.54) is 25.7 Å². The summed E-state index contributed by atoms with van der Waals surface area (Å²) in [5.41, 5.74) is 0. The first-order valence-electron chi connectivity index (χ1n) is 9.16. The van der Waals surface area contributed by atoms with Crippen LogP contribution in [-0.4, -0.2) is 92.3 Å². The first kappa shape index (κ1) is 17.0. The Morgan fingerprint density at radius 3 is 2.83 bits per heavy atom. The van der Waals surface area contributed by atoms with Crippen LogP contribution in [0.2, 0.25) is 0 Å². The standard InChI is InChI=1S/C17H32N4O2/c1-19-14-5-6-16(19)13-21(9-7-14)17(22)18-12-15-4-3-8-20(15)10-11-23-2/h14-16H,3-13H2,1-2H3,(H,18,22)/t14-,15+,16+/m1/s1. The van der Waals surface area contributed by atoms with Crippen molar-refractivity contribution in [2.45, 2.75) is 50.2 Å². The Labute approximate surface area is 140 Å². The van der Waals surface area contributed by atoms with Gasteiger partial charge in [0.1, 0.15) is 0 Å². The Hall–Kier alpha value is -0.850. The monoisotopic (exact) mass is 324 g/mol. The van der Waals surface area contributed by atoms with Crippen molar-refractivity contribution in [3.05, 3.63) is 0 Å². The smallest absolute Gasteiger partial charge is 0.317 e. The Morgan fingerprint density at radius 2 is 2.00 bits per heavy atom. The fraction of sp³-hybridized carbons (Fsp3) is 0.941. The summed E-state index contributed by atoms with van der Waals surface area (Å²) in [6.45, 7) is 5.42. The minimum atomic E-state index is 0.129. The number of amides is 2. The summed E-state index contributed by atoms with van der Waals surface area (Å²) < 4.78 is 5.18. The number of fused-ring (bicyclic) bond motifs is 2. The van der Waals surface area contributed by atoms with E-state index in [0.717, 1.165) is 45.8 Å². The molecule has 2 amide bonds. The van der Waals surface area contributed by atoms with E-state index in [1.54, 1.807) is 7.11 Å². The maximum absolute atomic E-state index is 12.6. The van der Waals surface area contributed by atoms with Crippen LogP contribution in [0.5, 0.6) is 0 Å². The molecule has 3 rings (SSSR count). The highest BCUT2D eigenvalue weighted by atomic mass is 16.5. The largest absolute Gasteiger partial charge is 0.383 e. The van der Waals surface area contributed by atoms with Gasteiger partial charge in [-0.05, 0) is 45.7 Å². The van der Waals surface area contributed by atoms with Crippen LogP contribution >= 0.6 is 0 Å². The van der Waals surface area contributed by atoms with Gasteiger partial charge in [0.05, 0.1) is 6.61 Å². The zero-order valence-electron chi connectivity index (χ0n) is 14.7. The van der Waals surface area contributed by atoms with E-state index < -0.39 is 0 Å². The molecule has 0 aromatic heterocycles. The van der Waals surface area contributed by atoms with Crippen LogP contribution < -0.4 is 5.32 Å². The highest BCUT2D eigenvalue weighted by Crippen LogP contribution is 2.28. The number of urea groups is 1. The molecule has 3 aliphatic heterocycles. The number of ether oxygens (including phenoxy) is 1. The highest BCUT2D eigenvalue weighted by molar-refractivity contribution is 5.74. The van der Waals surface area contributed by atoms with Gasteiger partial charge in [0.2, 0.25) is 0 Å². The third-order valence-corrected chi connectivity index (χ3v) is 6.01. The molecule has 6 nitrogen and oxygen atoms in total. The maximum atomic E-state index is 12.6. The summed E-state index contributed by atoms with van der Waals surface area (Å²) >= 11 is 0. The predicted molar refractivity (Wildman–Crippen MR) is 90.6 cm³/mol. The van der Waals surface area contributed by atoms with E-state index >= 15 is 0 Å². The van der Waals surface area contributed by atoms with Crippen LogP contribution in [0.3, 0.4) is 0 Å². The summed E-state index contributed by atoms with van der Waals surface area (Å²) in [6, 6.07) is 1.83. The molecule has 0 aromatic rings. The number of likely N-dealkylation sites (tertiary alicyclic amines) is 2. The van der Waals surface area contributed by atoms with Gasteiger partial charge in [-0.15, -0.1) is 0 Å². The molecule has 0 spiro atoms. The van der Waals surface area contributed by atoms with Crippen LogP contribution in [-0.2, 0) is 4.74 Å². The average Bonchev–Trinajstić information content (AvgIpc) is 3.07. The van der Waals surface area contributed by atoms with Crippen molar-refractivity contribution in [2.75, 3.05) is 53.5 Å². The number of nitrogens with one attached hydrogen (secondary N) is 1. The first-order chi connectivity index (χ1) is 11.2. The molecule has 0 radical (unpaired) electrons. The molecule has 0 aliphatic carbocycles. The Morgan fingerprint density at radius 1 is 1.17 bits per heavy atom. The van der Waals surface area contributed by atoms with Crippen molar-refractivity contribution in [1.29, 1.82) is 0 Å². The first-order valence-corrected chi connectivity index (χ1v) is 9.16. The van der Waals surface area contributed by atoms with Gasteiger partial charge >= 0.3 is 6.03 Å². The molecule has 6 heteroatoms. The van der Waals surface area contributed by atoms with Gasteiger partial charge < -0.3 is 15.0 Å². The van der Waals surface area contributed by atoms with Crippen molar-refractivity contribution in [1.82, 2.24) is 20.0 Å². The number of nitrogens with zero attached hydrogens (tertiary/aromatic N) is 3. The third-order valence-electron chi connectivity index (χ3n) is 6.01. The molecule has 0 aromatic carbocycles. The third kappa shape index (κ3) is 3.98. The van der Waals surface area contributed by atoms with Gasteiger partial charge in [-0.2, -0.15) is 0 Å². The van der Waals surface area contributed by atoms with Gasteiger partial charge in [-0.3, -0.25) is 9.80 Å². The van der Waals surface area contributed by atoms with Crippen LogP contribution in [0.15, 0.2) is 0 Å². The van der Waals surface area contributed by atoms with Crippen molar-refractivity contribution in [3.8, 4) is 0 Å². The quantitative estimate of drug-likeness (QED) is 0.819. The van der Waals surface area contributed by atoms with Gasteiger partial charge in [0.25, 0.3) is 0 Å². The van der Waals surface area contributed by atoms with E-state index in [1.807, 2.05) is 4.90 Å². The number of methoxy groups -OCH3 is 1. The molecule has 23 heavy (non-hydrogen) atoms. The number of hydrogen-bond acceptors (Lipinski definition) is 4. The lowest BCUT2D eigenvalue weighted by molar-refractivity contribution is 0.138.